The van der Waals surface area contributed by atoms with Gasteiger partial charge in [-0.25, -0.2) is 0 Å². The van der Waals surface area contributed by atoms with Crippen molar-refractivity contribution in [1.82, 2.24) is 0 Å². The summed E-state index contributed by atoms with van der Waals surface area (Å²) < 4.78 is 0. The molecule has 16 heavy (non-hydrogen) atoms. The molecular formula is C16H33. The first-order chi connectivity index (χ1) is 7.85. The van der Waals surface area contributed by atoms with E-state index in [1.165, 1.54) is 70.6 Å². The first kappa shape index (κ1) is 16.0. The Kier molecular flexibility index (Phi) is 13.1. The maximum Gasteiger partial charge on any atom is -0.0414 e. The zero-order valence-corrected chi connectivity index (χ0v) is 11.8. The number of rotatable bonds is 12. The number of unbranched alkanes of at least 4 members (excludes halogenated alkanes) is 6. The lowest BCUT2D eigenvalue weighted by Gasteiger charge is -2.15. The van der Waals surface area contributed by atoms with E-state index >= 15 is 0 Å². The van der Waals surface area contributed by atoms with Crippen molar-refractivity contribution >= 4 is 0 Å². The fourth-order valence-electron chi connectivity index (χ4n) is 2.49. The van der Waals surface area contributed by atoms with Gasteiger partial charge in [0.1, 0.15) is 0 Å². The van der Waals surface area contributed by atoms with Crippen LogP contribution >= 0.6 is 0 Å². The van der Waals surface area contributed by atoms with Crippen LogP contribution < -0.4 is 0 Å². The van der Waals surface area contributed by atoms with Gasteiger partial charge in [-0.05, 0) is 5.92 Å². The standard InChI is InChI=1S/C16H33/c1-4-7-9-10-11-12-15-16(13-6-3)14-8-5-2/h16H,2,4-15H2,1,3H3. The summed E-state index contributed by atoms with van der Waals surface area (Å²) in [4.78, 5) is 0. The normalized spacial score (nSPS) is 12.9. The highest BCUT2D eigenvalue weighted by molar-refractivity contribution is 4.60. The van der Waals surface area contributed by atoms with Crippen LogP contribution in [0.5, 0.6) is 0 Å². The molecule has 0 rings (SSSR count). The van der Waals surface area contributed by atoms with Crippen LogP contribution in [0.3, 0.4) is 0 Å². The fraction of sp³-hybridized carbons (Fsp3) is 0.938. The topological polar surface area (TPSA) is 0 Å². The summed E-state index contributed by atoms with van der Waals surface area (Å²) in [5, 5.41) is 0. The van der Waals surface area contributed by atoms with Gasteiger partial charge in [0.2, 0.25) is 0 Å². The molecule has 0 aliphatic carbocycles. The van der Waals surface area contributed by atoms with Crippen LogP contribution in [0.4, 0.5) is 0 Å². The first-order valence-electron chi connectivity index (χ1n) is 7.64. The lowest BCUT2D eigenvalue weighted by Crippen LogP contribution is -2.00. The van der Waals surface area contributed by atoms with Crippen LogP contribution in [0.2, 0.25) is 0 Å². The maximum absolute atomic E-state index is 3.95. The Morgan fingerprint density at radius 2 is 1.31 bits per heavy atom. The fourth-order valence-corrected chi connectivity index (χ4v) is 2.49. The molecular weight excluding hydrogens is 192 g/mol. The van der Waals surface area contributed by atoms with E-state index in [0.717, 1.165) is 12.3 Å². The highest BCUT2D eigenvalue weighted by atomic mass is 14.1. The molecule has 0 aromatic heterocycles. The van der Waals surface area contributed by atoms with E-state index in [2.05, 4.69) is 20.8 Å². The Morgan fingerprint density at radius 3 is 1.94 bits per heavy atom. The van der Waals surface area contributed by atoms with Crippen molar-refractivity contribution in [1.29, 1.82) is 0 Å². The van der Waals surface area contributed by atoms with Crippen molar-refractivity contribution in [3.63, 3.8) is 0 Å². The van der Waals surface area contributed by atoms with Gasteiger partial charge in [0.05, 0.1) is 0 Å². The van der Waals surface area contributed by atoms with Crippen molar-refractivity contribution < 1.29 is 0 Å². The van der Waals surface area contributed by atoms with Gasteiger partial charge in [-0.1, -0.05) is 97.8 Å². The molecule has 0 heterocycles. The van der Waals surface area contributed by atoms with Gasteiger partial charge in [-0.3, -0.25) is 0 Å². The van der Waals surface area contributed by atoms with Crippen molar-refractivity contribution in [3.8, 4) is 0 Å². The molecule has 0 N–H and O–H groups in total. The summed E-state index contributed by atoms with van der Waals surface area (Å²) in [5.74, 6) is 0.998. The minimum absolute atomic E-state index is 0.998. The number of hydrogen-bond acceptors (Lipinski definition) is 0. The summed E-state index contributed by atoms with van der Waals surface area (Å²) in [5.41, 5.74) is 0. The van der Waals surface area contributed by atoms with Crippen LogP contribution in [-0.2, 0) is 0 Å². The number of hydrogen-bond donors (Lipinski definition) is 0. The van der Waals surface area contributed by atoms with Crippen LogP contribution in [0.25, 0.3) is 0 Å². The van der Waals surface area contributed by atoms with E-state index < -0.39 is 0 Å². The molecule has 0 saturated carbocycles. The average Bonchev–Trinajstić information content (AvgIpc) is 2.30. The quantitative estimate of drug-likeness (QED) is 0.349. The molecule has 0 aromatic carbocycles. The van der Waals surface area contributed by atoms with Crippen molar-refractivity contribution in [3.05, 3.63) is 6.92 Å². The van der Waals surface area contributed by atoms with Crippen molar-refractivity contribution in [2.24, 2.45) is 5.92 Å². The average molecular weight is 225 g/mol. The van der Waals surface area contributed by atoms with Crippen LogP contribution in [0.15, 0.2) is 0 Å². The Hall–Kier alpha value is 0. The van der Waals surface area contributed by atoms with Crippen molar-refractivity contribution in [2.45, 2.75) is 90.9 Å². The Morgan fingerprint density at radius 1 is 0.688 bits per heavy atom. The summed E-state index contributed by atoms with van der Waals surface area (Å²) >= 11 is 0. The summed E-state index contributed by atoms with van der Waals surface area (Å²) in [7, 11) is 0. The molecule has 1 atom stereocenters. The SMILES string of the molecule is [CH2]CCCC(CCC)CCCCCCCC. The van der Waals surface area contributed by atoms with Crippen molar-refractivity contribution in [2.75, 3.05) is 0 Å². The highest BCUT2D eigenvalue weighted by Gasteiger charge is 2.06. The summed E-state index contributed by atoms with van der Waals surface area (Å²) in [6.07, 6.45) is 16.8. The molecule has 0 aliphatic heterocycles. The molecule has 0 amide bonds. The minimum atomic E-state index is 0.998. The molecule has 0 aromatic rings. The molecule has 1 unspecified atom stereocenters. The van der Waals surface area contributed by atoms with Gasteiger partial charge < -0.3 is 0 Å². The molecule has 1 radical (unpaired) electrons. The largest absolute Gasteiger partial charge is 0.0654 e. The third-order valence-corrected chi connectivity index (χ3v) is 3.53. The summed E-state index contributed by atoms with van der Waals surface area (Å²) in [6.45, 7) is 8.55. The molecule has 0 bridgehead atoms. The Labute approximate surface area is 104 Å². The second-order valence-electron chi connectivity index (χ2n) is 5.21. The molecule has 0 saturated heterocycles. The van der Waals surface area contributed by atoms with Gasteiger partial charge in [-0.2, -0.15) is 0 Å². The second-order valence-corrected chi connectivity index (χ2v) is 5.21. The monoisotopic (exact) mass is 225 g/mol. The zero-order chi connectivity index (χ0) is 12.1. The molecule has 0 nitrogen and oxygen atoms in total. The predicted molar refractivity (Wildman–Crippen MR) is 75.6 cm³/mol. The van der Waals surface area contributed by atoms with Gasteiger partial charge >= 0.3 is 0 Å². The van der Waals surface area contributed by atoms with E-state index in [0.29, 0.717) is 0 Å². The second kappa shape index (κ2) is 13.1. The van der Waals surface area contributed by atoms with E-state index in [1.54, 1.807) is 0 Å². The van der Waals surface area contributed by atoms with E-state index in [4.69, 9.17) is 0 Å². The summed E-state index contributed by atoms with van der Waals surface area (Å²) in [6, 6.07) is 0. The lowest BCUT2D eigenvalue weighted by molar-refractivity contribution is 0.386. The molecule has 0 fully saturated rings. The maximum atomic E-state index is 3.95. The molecule has 0 aliphatic rings. The van der Waals surface area contributed by atoms with E-state index in [1.807, 2.05) is 0 Å². The molecule has 97 valence electrons. The minimum Gasteiger partial charge on any atom is -0.0654 e. The smallest absolute Gasteiger partial charge is 0.0414 e. The van der Waals surface area contributed by atoms with Crippen LogP contribution in [0, 0.1) is 12.8 Å². The van der Waals surface area contributed by atoms with Gasteiger partial charge in [0, 0.05) is 0 Å². The highest BCUT2D eigenvalue weighted by Crippen LogP contribution is 2.22. The third-order valence-electron chi connectivity index (χ3n) is 3.53. The van der Waals surface area contributed by atoms with Gasteiger partial charge in [0.15, 0.2) is 0 Å². The van der Waals surface area contributed by atoms with E-state index in [-0.39, 0.29) is 0 Å². The van der Waals surface area contributed by atoms with E-state index in [9.17, 15) is 0 Å². The first-order valence-corrected chi connectivity index (χ1v) is 7.64. The predicted octanol–water partition coefficient (Wildman–Crippen LogP) is 6.16. The Balaban J connectivity index is 3.36. The lowest BCUT2D eigenvalue weighted by atomic mass is 9.91. The third kappa shape index (κ3) is 10.5. The van der Waals surface area contributed by atoms with Gasteiger partial charge in [-0.15, -0.1) is 0 Å². The van der Waals surface area contributed by atoms with Crippen LogP contribution in [-0.4, -0.2) is 0 Å². The molecule has 0 heteroatoms. The molecule has 0 spiro atoms. The van der Waals surface area contributed by atoms with Crippen LogP contribution in [0.1, 0.15) is 90.9 Å². The zero-order valence-electron chi connectivity index (χ0n) is 11.8. The Bertz CT molecular complexity index is 117. The van der Waals surface area contributed by atoms with Gasteiger partial charge in [0.25, 0.3) is 0 Å².